The molecule has 0 aromatic heterocycles. The second kappa shape index (κ2) is 5.62. The third kappa shape index (κ3) is 2.20. The quantitative estimate of drug-likeness (QED) is 0.848. The van der Waals surface area contributed by atoms with Gasteiger partial charge in [-0.2, -0.15) is 0 Å². The highest BCUT2D eigenvalue weighted by Gasteiger charge is 2.35. The van der Waals surface area contributed by atoms with E-state index in [-0.39, 0.29) is 30.4 Å². The maximum Gasteiger partial charge on any atom is 0.259 e. The van der Waals surface area contributed by atoms with Crippen molar-refractivity contribution in [3.8, 4) is 0 Å². The van der Waals surface area contributed by atoms with Crippen LogP contribution in [0.4, 0.5) is 5.69 Å². The number of amides is 2. The monoisotopic (exact) mass is 322 g/mol. The Bertz CT molecular complexity index is 814. The number of carbonyl (C=O) groups is 2. The van der Waals surface area contributed by atoms with Gasteiger partial charge in [-0.05, 0) is 50.6 Å². The van der Waals surface area contributed by atoms with Crippen LogP contribution in [0.3, 0.4) is 0 Å². The molecule has 4 nitrogen and oxygen atoms in total. The number of hydrogen-bond donors (Lipinski definition) is 0. The SMILES string of the molecule is C[C@H]1CCC[C@H](C)N1C(=O)CN1C(=O)c2cccc3cccc1c23. The van der Waals surface area contributed by atoms with Crippen LogP contribution >= 0.6 is 0 Å². The van der Waals surface area contributed by atoms with Crippen molar-refractivity contribution in [2.45, 2.75) is 45.2 Å². The topological polar surface area (TPSA) is 40.6 Å². The van der Waals surface area contributed by atoms with Crippen LogP contribution in [-0.4, -0.2) is 35.3 Å². The zero-order chi connectivity index (χ0) is 16.8. The number of rotatable bonds is 2. The Morgan fingerprint density at radius 1 is 1.08 bits per heavy atom. The third-order valence-corrected chi connectivity index (χ3v) is 5.42. The van der Waals surface area contributed by atoms with Crippen LogP contribution < -0.4 is 4.90 Å². The summed E-state index contributed by atoms with van der Waals surface area (Å²) in [5.74, 6) is -0.0136. The van der Waals surface area contributed by atoms with E-state index in [0.717, 1.165) is 29.3 Å². The normalized spacial score (nSPS) is 23.2. The fraction of sp³-hybridized carbons (Fsp3) is 0.400. The van der Waals surface area contributed by atoms with Crippen LogP contribution in [0.1, 0.15) is 43.5 Å². The molecular formula is C20H22N2O2. The predicted molar refractivity (Wildman–Crippen MR) is 95.2 cm³/mol. The molecule has 1 fully saturated rings. The molecule has 4 rings (SSSR count). The highest BCUT2D eigenvalue weighted by molar-refractivity contribution is 6.26. The minimum Gasteiger partial charge on any atom is -0.336 e. The van der Waals surface area contributed by atoms with E-state index in [4.69, 9.17) is 0 Å². The van der Waals surface area contributed by atoms with Crippen LogP contribution in [0.2, 0.25) is 0 Å². The Morgan fingerprint density at radius 2 is 1.75 bits per heavy atom. The van der Waals surface area contributed by atoms with E-state index in [0.29, 0.717) is 5.56 Å². The van der Waals surface area contributed by atoms with Gasteiger partial charge >= 0.3 is 0 Å². The fourth-order valence-electron chi connectivity index (χ4n) is 4.27. The number of nitrogens with zero attached hydrogens (tertiary/aromatic N) is 2. The molecule has 0 radical (unpaired) electrons. The Balaban J connectivity index is 1.66. The zero-order valence-corrected chi connectivity index (χ0v) is 14.2. The first-order valence-electron chi connectivity index (χ1n) is 8.72. The van der Waals surface area contributed by atoms with Crippen LogP contribution in [0, 0.1) is 0 Å². The maximum absolute atomic E-state index is 12.9. The van der Waals surface area contributed by atoms with Gasteiger partial charge in [0.05, 0.1) is 5.69 Å². The molecule has 2 atom stereocenters. The van der Waals surface area contributed by atoms with E-state index in [2.05, 4.69) is 13.8 Å². The van der Waals surface area contributed by atoms with Crippen molar-refractivity contribution >= 4 is 28.3 Å². The smallest absolute Gasteiger partial charge is 0.259 e. The van der Waals surface area contributed by atoms with Gasteiger partial charge in [0, 0.05) is 23.0 Å². The second-order valence-electron chi connectivity index (χ2n) is 7.00. The minimum absolute atomic E-state index is 0.0489. The van der Waals surface area contributed by atoms with Crippen molar-refractivity contribution in [2.75, 3.05) is 11.4 Å². The van der Waals surface area contributed by atoms with Crippen molar-refractivity contribution in [1.82, 2.24) is 4.90 Å². The molecule has 2 amide bonds. The first-order chi connectivity index (χ1) is 11.6. The van der Waals surface area contributed by atoms with Crippen LogP contribution in [0.15, 0.2) is 36.4 Å². The second-order valence-corrected chi connectivity index (χ2v) is 7.00. The van der Waals surface area contributed by atoms with Gasteiger partial charge in [0.15, 0.2) is 0 Å². The summed E-state index contributed by atoms with van der Waals surface area (Å²) in [5, 5.41) is 2.02. The van der Waals surface area contributed by atoms with E-state index in [9.17, 15) is 9.59 Å². The molecule has 2 heterocycles. The third-order valence-electron chi connectivity index (χ3n) is 5.42. The summed E-state index contributed by atoms with van der Waals surface area (Å²) in [6.07, 6.45) is 3.25. The Kier molecular flexibility index (Phi) is 3.56. The Hall–Kier alpha value is -2.36. The molecule has 0 bridgehead atoms. The van der Waals surface area contributed by atoms with Crippen molar-refractivity contribution in [3.05, 3.63) is 42.0 Å². The lowest BCUT2D eigenvalue weighted by atomic mass is 9.97. The van der Waals surface area contributed by atoms with Gasteiger partial charge in [-0.3, -0.25) is 14.5 Å². The molecule has 4 heteroatoms. The van der Waals surface area contributed by atoms with Crippen LogP contribution in [-0.2, 0) is 4.79 Å². The van der Waals surface area contributed by atoms with Crippen molar-refractivity contribution in [2.24, 2.45) is 0 Å². The summed E-state index contributed by atoms with van der Waals surface area (Å²) in [7, 11) is 0. The molecular weight excluding hydrogens is 300 g/mol. The lowest BCUT2D eigenvalue weighted by Crippen LogP contribution is -2.51. The zero-order valence-electron chi connectivity index (χ0n) is 14.2. The number of likely N-dealkylation sites (tertiary alicyclic amines) is 1. The number of anilines is 1. The molecule has 1 saturated heterocycles. The first-order valence-corrected chi connectivity index (χ1v) is 8.72. The maximum atomic E-state index is 12.9. The molecule has 0 unspecified atom stereocenters. The van der Waals surface area contributed by atoms with E-state index < -0.39 is 0 Å². The standard InChI is InChI=1S/C20H22N2O2/c1-13-6-3-7-14(2)22(13)18(23)12-21-17-11-5-9-15-8-4-10-16(19(15)17)20(21)24/h4-5,8-11,13-14H,3,6-7,12H2,1-2H3/t13-,14-/m0/s1. The largest absolute Gasteiger partial charge is 0.336 e. The van der Waals surface area contributed by atoms with Crippen LogP contribution in [0.25, 0.3) is 10.8 Å². The summed E-state index contributed by atoms with van der Waals surface area (Å²) in [5.41, 5.74) is 1.56. The van der Waals surface area contributed by atoms with Crippen molar-refractivity contribution < 1.29 is 9.59 Å². The first kappa shape index (κ1) is 15.2. The average molecular weight is 322 g/mol. The summed E-state index contributed by atoms with van der Waals surface area (Å²) in [6, 6.07) is 12.2. The highest BCUT2D eigenvalue weighted by atomic mass is 16.2. The lowest BCUT2D eigenvalue weighted by Gasteiger charge is -2.39. The summed E-state index contributed by atoms with van der Waals surface area (Å²) < 4.78 is 0. The number of benzene rings is 2. The lowest BCUT2D eigenvalue weighted by molar-refractivity contribution is -0.135. The van der Waals surface area contributed by atoms with E-state index in [1.807, 2.05) is 41.3 Å². The van der Waals surface area contributed by atoms with Crippen molar-refractivity contribution in [1.29, 1.82) is 0 Å². The van der Waals surface area contributed by atoms with Gasteiger partial charge in [-0.1, -0.05) is 24.3 Å². The fourth-order valence-corrected chi connectivity index (χ4v) is 4.27. The van der Waals surface area contributed by atoms with Gasteiger partial charge < -0.3 is 4.90 Å². The number of carbonyl (C=O) groups excluding carboxylic acids is 2. The van der Waals surface area contributed by atoms with Gasteiger partial charge in [0.25, 0.3) is 5.91 Å². The van der Waals surface area contributed by atoms with Crippen LogP contribution in [0.5, 0.6) is 0 Å². The molecule has 0 spiro atoms. The molecule has 2 aromatic carbocycles. The number of hydrogen-bond acceptors (Lipinski definition) is 2. The summed E-state index contributed by atoms with van der Waals surface area (Å²) in [4.78, 5) is 29.4. The highest BCUT2D eigenvalue weighted by Crippen LogP contribution is 2.37. The van der Waals surface area contributed by atoms with Gasteiger partial charge in [-0.25, -0.2) is 0 Å². The van der Waals surface area contributed by atoms with E-state index in [1.54, 1.807) is 4.90 Å². The molecule has 0 aliphatic carbocycles. The Labute approximate surface area is 142 Å². The van der Waals surface area contributed by atoms with E-state index in [1.165, 1.54) is 6.42 Å². The minimum atomic E-state index is -0.0625. The van der Waals surface area contributed by atoms with Gasteiger partial charge in [-0.15, -0.1) is 0 Å². The number of piperidine rings is 1. The predicted octanol–water partition coefficient (Wildman–Crippen LogP) is 3.59. The van der Waals surface area contributed by atoms with Crippen molar-refractivity contribution in [3.63, 3.8) is 0 Å². The van der Waals surface area contributed by atoms with Gasteiger partial charge in [0.1, 0.15) is 6.54 Å². The van der Waals surface area contributed by atoms with E-state index >= 15 is 0 Å². The summed E-state index contributed by atoms with van der Waals surface area (Å²) >= 11 is 0. The molecule has 124 valence electrons. The molecule has 2 aliphatic heterocycles. The van der Waals surface area contributed by atoms with Gasteiger partial charge in [0.2, 0.25) is 5.91 Å². The molecule has 2 aromatic rings. The molecule has 2 aliphatic rings. The summed E-state index contributed by atoms with van der Waals surface area (Å²) in [6.45, 7) is 4.34. The molecule has 0 saturated carbocycles. The molecule has 24 heavy (non-hydrogen) atoms. The molecule has 0 N–H and O–H groups in total. The Morgan fingerprint density at radius 3 is 2.46 bits per heavy atom. The average Bonchev–Trinajstić information content (AvgIpc) is 2.83.